The van der Waals surface area contributed by atoms with Crippen molar-refractivity contribution in [2.75, 3.05) is 27.2 Å². The molecule has 5 nitrogen and oxygen atoms in total. The van der Waals surface area contributed by atoms with Crippen LogP contribution < -0.4 is 10.6 Å². The molecule has 1 fully saturated rings. The van der Waals surface area contributed by atoms with E-state index in [0.29, 0.717) is 12.0 Å². The summed E-state index contributed by atoms with van der Waals surface area (Å²) in [6.45, 7) is 7.66. The number of nitrogens with zero attached hydrogens (tertiary/aromatic N) is 2. The van der Waals surface area contributed by atoms with Gasteiger partial charge < -0.3 is 15.5 Å². The molecule has 0 aromatic rings. The standard InChI is InChI=1S/C17H34N4O/c1-13(2)14(3)20-17(19-12-16(22)21(4)5)18-11-15-9-7-6-8-10-15/h13-15H,6-12H2,1-5H3,(H2,18,19,20). The normalized spacial score (nSPS) is 18.2. The molecule has 1 unspecified atom stereocenters. The first kappa shape index (κ1) is 18.8. The molecule has 0 radical (unpaired) electrons. The number of carbonyl (C=O) groups excluding carboxylic acids is 1. The summed E-state index contributed by atoms with van der Waals surface area (Å²) in [5.41, 5.74) is 0. The number of hydrogen-bond donors (Lipinski definition) is 2. The van der Waals surface area contributed by atoms with E-state index in [4.69, 9.17) is 0 Å². The second-order valence-corrected chi connectivity index (χ2v) is 7.01. The van der Waals surface area contributed by atoms with E-state index in [2.05, 4.69) is 36.4 Å². The summed E-state index contributed by atoms with van der Waals surface area (Å²) in [5, 5.41) is 6.86. The van der Waals surface area contributed by atoms with E-state index in [9.17, 15) is 4.79 Å². The quantitative estimate of drug-likeness (QED) is 0.584. The van der Waals surface area contributed by atoms with Gasteiger partial charge in [-0.25, -0.2) is 4.99 Å². The van der Waals surface area contributed by atoms with Gasteiger partial charge in [0.15, 0.2) is 5.96 Å². The van der Waals surface area contributed by atoms with E-state index in [0.717, 1.165) is 18.4 Å². The number of carbonyl (C=O) groups is 1. The summed E-state index contributed by atoms with van der Waals surface area (Å²) in [6.07, 6.45) is 6.66. The lowest BCUT2D eigenvalue weighted by Crippen LogP contribution is -2.46. The monoisotopic (exact) mass is 310 g/mol. The highest BCUT2D eigenvalue weighted by atomic mass is 16.2. The second-order valence-electron chi connectivity index (χ2n) is 7.01. The first-order chi connectivity index (χ1) is 10.4. The SMILES string of the molecule is CC(C)C(C)NC(=NCC(=O)N(C)C)NCC1CCCCC1. The predicted octanol–water partition coefficient (Wildman–Crippen LogP) is 2.23. The highest BCUT2D eigenvalue weighted by Gasteiger charge is 2.15. The maximum Gasteiger partial charge on any atom is 0.243 e. The van der Waals surface area contributed by atoms with Crippen LogP contribution >= 0.6 is 0 Å². The Bertz CT molecular complexity index is 360. The first-order valence-electron chi connectivity index (χ1n) is 8.65. The van der Waals surface area contributed by atoms with Crippen molar-refractivity contribution in [1.29, 1.82) is 0 Å². The van der Waals surface area contributed by atoms with Crippen LogP contribution in [-0.4, -0.2) is 50.0 Å². The Morgan fingerprint density at radius 1 is 1.18 bits per heavy atom. The first-order valence-corrected chi connectivity index (χ1v) is 8.65. The fourth-order valence-corrected chi connectivity index (χ4v) is 2.46. The molecule has 1 atom stereocenters. The van der Waals surface area contributed by atoms with Gasteiger partial charge in [-0.1, -0.05) is 33.1 Å². The van der Waals surface area contributed by atoms with Crippen LogP contribution in [0.15, 0.2) is 4.99 Å². The molecule has 0 bridgehead atoms. The zero-order valence-electron chi connectivity index (χ0n) is 15.0. The average Bonchev–Trinajstić information content (AvgIpc) is 2.50. The molecule has 5 heteroatoms. The highest BCUT2D eigenvalue weighted by Crippen LogP contribution is 2.22. The Balaban J connectivity index is 2.55. The number of amides is 1. The van der Waals surface area contributed by atoms with E-state index in [-0.39, 0.29) is 12.5 Å². The Labute approximate surface area is 135 Å². The largest absolute Gasteiger partial charge is 0.356 e. The predicted molar refractivity (Wildman–Crippen MR) is 93.0 cm³/mol. The van der Waals surface area contributed by atoms with Crippen LogP contribution in [-0.2, 0) is 4.79 Å². The van der Waals surface area contributed by atoms with Gasteiger partial charge in [0, 0.05) is 26.7 Å². The Kier molecular flexibility index (Phi) is 8.28. The molecule has 0 spiro atoms. The lowest BCUT2D eigenvalue weighted by molar-refractivity contribution is -0.127. The summed E-state index contributed by atoms with van der Waals surface area (Å²) in [5.74, 6) is 2.05. The Morgan fingerprint density at radius 3 is 2.36 bits per heavy atom. The molecule has 0 aromatic heterocycles. The minimum absolute atomic E-state index is 0.0240. The molecule has 0 heterocycles. The van der Waals surface area contributed by atoms with Crippen LogP contribution in [0.2, 0.25) is 0 Å². The summed E-state index contributed by atoms with van der Waals surface area (Å²) in [7, 11) is 3.52. The number of nitrogens with one attached hydrogen (secondary N) is 2. The van der Waals surface area contributed by atoms with Crippen molar-refractivity contribution >= 4 is 11.9 Å². The molecule has 1 aliphatic carbocycles. The molecule has 2 N–H and O–H groups in total. The third-order valence-corrected chi connectivity index (χ3v) is 4.52. The fourth-order valence-electron chi connectivity index (χ4n) is 2.46. The van der Waals surface area contributed by atoms with E-state index < -0.39 is 0 Å². The molecule has 22 heavy (non-hydrogen) atoms. The van der Waals surface area contributed by atoms with Gasteiger partial charge in [0.25, 0.3) is 0 Å². The molecule has 1 aliphatic rings. The van der Waals surface area contributed by atoms with Crippen LogP contribution in [0.25, 0.3) is 0 Å². The van der Waals surface area contributed by atoms with Gasteiger partial charge in [-0.3, -0.25) is 4.79 Å². The van der Waals surface area contributed by atoms with Gasteiger partial charge in [0.1, 0.15) is 6.54 Å². The topological polar surface area (TPSA) is 56.7 Å². The zero-order chi connectivity index (χ0) is 16.5. The summed E-state index contributed by atoms with van der Waals surface area (Å²) >= 11 is 0. The third kappa shape index (κ3) is 7.14. The van der Waals surface area contributed by atoms with E-state index in [1.54, 1.807) is 19.0 Å². The number of rotatable bonds is 6. The second kappa shape index (κ2) is 9.70. The van der Waals surface area contributed by atoms with Gasteiger partial charge in [-0.2, -0.15) is 0 Å². The minimum Gasteiger partial charge on any atom is -0.356 e. The van der Waals surface area contributed by atoms with E-state index in [1.807, 2.05) is 0 Å². The van der Waals surface area contributed by atoms with Gasteiger partial charge in [0.2, 0.25) is 5.91 Å². The molecule has 128 valence electrons. The fraction of sp³-hybridized carbons (Fsp3) is 0.882. The number of guanidine groups is 1. The lowest BCUT2D eigenvalue weighted by Gasteiger charge is -2.25. The van der Waals surface area contributed by atoms with Crippen LogP contribution in [0.3, 0.4) is 0 Å². The molecule has 0 aliphatic heterocycles. The van der Waals surface area contributed by atoms with Crippen molar-refractivity contribution in [3.63, 3.8) is 0 Å². The van der Waals surface area contributed by atoms with Crippen molar-refractivity contribution in [3.05, 3.63) is 0 Å². The zero-order valence-corrected chi connectivity index (χ0v) is 15.0. The summed E-state index contributed by atoms with van der Waals surface area (Å²) < 4.78 is 0. The molecule has 1 amide bonds. The van der Waals surface area contributed by atoms with Crippen LogP contribution in [0.5, 0.6) is 0 Å². The molecule has 0 saturated heterocycles. The lowest BCUT2D eigenvalue weighted by atomic mass is 9.89. The van der Waals surface area contributed by atoms with Crippen LogP contribution in [0.1, 0.15) is 52.9 Å². The summed E-state index contributed by atoms with van der Waals surface area (Å²) in [6, 6.07) is 0.326. The van der Waals surface area contributed by atoms with Gasteiger partial charge in [-0.05, 0) is 31.6 Å². The number of likely N-dealkylation sites (N-methyl/N-ethyl adjacent to an activating group) is 1. The summed E-state index contributed by atoms with van der Waals surface area (Å²) in [4.78, 5) is 17.8. The van der Waals surface area contributed by atoms with Crippen molar-refractivity contribution in [2.45, 2.75) is 58.9 Å². The maximum absolute atomic E-state index is 11.7. The number of hydrogen-bond acceptors (Lipinski definition) is 2. The average molecular weight is 310 g/mol. The van der Waals surface area contributed by atoms with Gasteiger partial charge >= 0.3 is 0 Å². The van der Waals surface area contributed by atoms with E-state index in [1.165, 1.54) is 32.1 Å². The van der Waals surface area contributed by atoms with Gasteiger partial charge in [0.05, 0.1) is 0 Å². The van der Waals surface area contributed by atoms with Crippen molar-refractivity contribution < 1.29 is 4.79 Å². The van der Waals surface area contributed by atoms with Gasteiger partial charge in [-0.15, -0.1) is 0 Å². The molecular formula is C17H34N4O. The molecular weight excluding hydrogens is 276 g/mol. The Morgan fingerprint density at radius 2 is 1.82 bits per heavy atom. The maximum atomic E-state index is 11.7. The van der Waals surface area contributed by atoms with E-state index >= 15 is 0 Å². The van der Waals surface area contributed by atoms with Crippen molar-refractivity contribution in [3.8, 4) is 0 Å². The van der Waals surface area contributed by atoms with Crippen molar-refractivity contribution in [1.82, 2.24) is 15.5 Å². The van der Waals surface area contributed by atoms with Crippen LogP contribution in [0, 0.1) is 11.8 Å². The smallest absolute Gasteiger partial charge is 0.243 e. The third-order valence-electron chi connectivity index (χ3n) is 4.52. The van der Waals surface area contributed by atoms with Crippen LogP contribution in [0.4, 0.5) is 0 Å². The highest BCUT2D eigenvalue weighted by molar-refractivity contribution is 5.84. The minimum atomic E-state index is 0.0240. The molecule has 0 aromatic carbocycles. The van der Waals surface area contributed by atoms with Crippen molar-refractivity contribution in [2.24, 2.45) is 16.8 Å². The molecule has 1 rings (SSSR count). The molecule has 1 saturated carbocycles. The number of aliphatic imine (C=N–C) groups is 1. The Hall–Kier alpha value is -1.26.